The molecule has 1 aromatic heterocycles. The molecule has 0 saturated carbocycles. The SMILES string of the molecule is Cn1ncc(Cc2ccc(Br)cc2)c1N. The van der Waals surface area contributed by atoms with Gasteiger partial charge in [0.05, 0.1) is 6.20 Å². The molecule has 2 rings (SSSR count). The number of nitrogens with two attached hydrogens (primary N) is 1. The van der Waals surface area contributed by atoms with Crippen molar-refractivity contribution in [1.29, 1.82) is 0 Å². The van der Waals surface area contributed by atoms with E-state index in [1.165, 1.54) is 5.56 Å². The second-order valence-electron chi connectivity index (χ2n) is 3.48. The second-order valence-corrected chi connectivity index (χ2v) is 4.40. The number of halogens is 1. The van der Waals surface area contributed by atoms with Crippen LogP contribution in [-0.4, -0.2) is 9.78 Å². The Morgan fingerprint density at radius 3 is 2.53 bits per heavy atom. The maximum absolute atomic E-state index is 5.87. The van der Waals surface area contributed by atoms with Gasteiger partial charge in [-0.25, -0.2) is 0 Å². The Morgan fingerprint density at radius 2 is 2.00 bits per heavy atom. The molecule has 0 atom stereocenters. The molecule has 0 aliphatic carbocycles. The predicted octanol–water partition coefficient (Wildman–Crippen LogP) is 2.36. The molecule has 0 fully saturated rings. The van der Waals surface area contributed by atoms with Crippen LogP contribution in [0.15, 0.2) is 34.9 Å². The van der Waals surface area contributed by atoms with Crippen molar-refractivity contribution >= 4 is 21.7 Å². The fourth-order valence-corrected chi connectivity index (χ4v) is 1.72. The van der Waals surface area contributed by atoms with Crippen molar-refractivity contribution in [2.75, 3.05) is 5.73 Å². The van der Waals surface area contributed by atoms with Gasteiger partial charge in [0.25, 0.3) is 0 Å². The number of nitrogen functional groups attached to an aromatic ring is 1. The molecule has 2 N–H and O–H groups in total. The molecule has 78 valence electrons. The van der Waals surface area contributed by atoms with Crippen LogP contribution in [-0.2, 0) is 13.5 Å². The number of anilines is 1. The van der Waals surface area contributed by atoms with Crippen LogP contribution in [0.4, 0.5) is 5.82 Å². The first-order valence-electron chi connectivity index (χ1n) is 4.67. The first-order valence-corrected chi connectivity index (χ1v) is 5.47. The average molecular weight is 266 g/mol. The largest absolute Gasteiger partial charge is 0.384 e. The van der Waals surface area contributed by atoms with E-state index in [2.05, 4.69) is 33.2 Å². The molecular weight excluding hydrogens is 254 g/mol. The van der Waals surface area contributed by atoms with Gasteiger partial charge in [-0.1, -0.05) is 28.1 Å². The number of hydrogen-bond acceptors (Lipinski definition) is 2. The van der Waals surface area contributed by atoms with Gasteiger partial charge in [-0.3, -0.25) is 4.68 Å². The zero-order valence-electron chi connectivity index (χ0n) is 8.44. The number of hydrogen-bond donors (Lipinski definition) is 1. The fourth-order valence-electron chi connectivity index (χ4n) is 1.45. The molecule has 0 aliphatic heterocycles. The lowest BCUT2D eigenvalue weighted by atomic mass is 10.1. The highest BCUT2D eigenvalue weighted by Crippen LogP contribution is 2.17. The summed E-state index contributed by atoms with van der Waals surface area (Å²) < 4.78 is 2.78. The number of rotatable bonds is 2. The van der Waals surface area contributed by atoms with E-state index >= 15 is 0 Å². The summed E-state index contributed by atoms with van der Waals surface area (Å²) in [6, 6.07) is 8.22. The third-order valence-corrected chi connectivity index (χ3v) is 2.90. The van der Waals surface area contributed by atoms with Crippen LogP contribution < -0.4 is 5.73 Å². The van der Waals surface area contributed by atoms with Gasteiger partial charge in [0.1, 0.15) is 5.82 Å². The van der Waals surface area contributed by atoms with Gasteiger partial charge in [-0.15, -0.1) is 0 Å². The van der Waals surface area contributed by atoms with E-state index in [-0.39, 0.29) is 0 Å². The Balaban J connectivity index is 2.22. The van der Waals surface area contributed by atoms with Crippen molar-refractivity contribution in [3.8, 4) is 0 Å². The summed E-state index contributed by atoms with van der Waals surface area (Å²) in [6.45, 7) is 0. The zero-order chi connectivity index (χ0) is 10.8. The Kier molecular flexibility index (Phi) is 2.77. The maximum atomic E-state index is 5.87. The molecular formula is C11H12BrN3. The Labute approximate surface area is 97.0 Å². The van der Waals surface area contributed by atoms with Gasteiger partial charge in [0, 0.05) is 23.5 Å². The highest BCUT2D eigenvalue weighted by atomic mass is 79.9. The molecule has 0 amide bonds. The van der Waals surface area contributed by atoms with Gasteiger partial charge < -0.3 is 5.73 Å². The smallest absolute Gasteiger partial charge is 0.124 e. The fraction of sp³-hybridized carbons (Fsp3) is 0.182. The summed E-state index contributed by atoms with van der Waals surface area (Å²) >= 11 is 3.41. The molecule has 0 bridgehead atoms. The summed E-state index contributed by atoms with van der Waals surface area (Å²) in [5.41, 5.74) is 8.17. The minimum absolute atomic E-state index is 0.734. The van der Waals surface area contributed by atoms with Crippen molar-refractivity contribution in [1.82, 2.24) is 9.78 Å². The van der Waals surface area contributed by atoms with E-state index in [0.29, 0.717) is 0 Å². The van der Waals surface area contributed by atoms with E-state index in [1.54, 1.807) is 4.68 Å². The Hall–Kier alpha value is -1.29. The molecule has 2 aromatic rings. The lowest BCUT2D eigenvalue weighted by Crippen LogP contribution is -2.00. The van der Waals surface area contributed by atoms with Crippen LogP contribution in [0, 0.1) is 0 Å². The van der Waals surface area contributed by atoms with Crippen LogP contribution in [0.2, 0.25) is 0 Å². The summed E-state index contributed by atoms with van der Waals surface area (Å²) in [5, 5.41) is 4.11. The molecule has 0 unspecified atom stereocenters. The Morgan fingerprint density at radius 1 is 1.33 bits per heavy atom. The van der Waals surface area contributed by atoms with Crippen LogP contribution >= 0.6 is 15.9 Å². The normalized spacial score (nSPS) is 10.5. The quantitative estimate of drug-likeness (QED) is 0.906. The molecule has 1 heterocycles. The summed E-state index contributed by atoms with van der Waals surface area (Å²) in [7, 11) is 1.85. The van der Waals surface area contributed by atoms with E-state index in [4.69, 9.17) is 5.73 Å². The molecule has 0 spiro atoms. The van der Waals surface area contributed by atoms with E-state index in [1.807, 2.05) is 25.4 Å². The van der Waals surface area contributed by atoms with Crippen LogP contribution in [0.25, 0.3) is 0 Å². The number of nitrogens with zero attached hydrogens (tertiary/aromatic N) is 2. The van der Waals surface area contributed by atoms with Gasteiger partial charge >= 0.3 is 0 Å². The molecule has 0 aliphatic rings. The molecule has 15 heavy (non-hydrogen) atoms. The lowest BCUT2D eigenvalue weighted by molar-refractivity contribution is 0.778. The van der Waals surface area contributed by atoms with Gasteiger partial charge in [0.15, 0.2) is 0 Å². The first kappa shape index (κ1) is 10.2. The van der Waals surface area contributed by atoms with Crippen molar-refractivity contribution < 1.29 is 0 Å². The lowest BCUT2D eigenvalue weighted by Gasteiger charge is -2.01. The van der Waals surface area contributed by atoms with Crippen molar-refractivity contribution in [2.45, 2.75) is 6.42 Å². The Bertz CT molecular complexity index is 459. The minimum Gasteiger partial charge on any atom is -0.384 e. The van der Waals surface area contributed by atoms with Gasteiger partial charge in [-0.05, 0) is 17.7 Å². The maximum Gasteiger partial charge on any atom is 0.124 e. The summed E-state index contributed by atoms with van der Waals surface area (Å²) in [5.74, 6) is 0.734. The van der Waals surface area contributed by atoms with E-state index in [9.17, 15) is 0 Å². The van der Waals surface area contributed by atoms with Gasteiger partial charge in [0.2, 0.25) is 0 Å². The standard InChI is InChI=1S/C11H12BrN3/c1-15-11(13)9(7-14-15)6-8-2-4-10(12)5-3-8/h2-5,7H,6,13H2,1H3. The highest BCUT2D eigenvalue weighted by Gasteiger charge is 2.04. The third-order valence-electron chi connectivity index (χ3n) is 2.37. The third kappa shape index (κ3) is 2.21. The summed E-state index contributed by atoms with van der Waals surface area (Å²) in [6.07, 6.45) is 2.64. The number of benzene rings is 1. The molecule has 1 aromatic carbocycles. The van der Waals surface area contributed by atoms with Gasteiger partial charge in [-0.2, -0.15) is 5.10 Å². The minimum atomic E-state index is 0.734. The van der Waals surface area contributed by atoms with Crippen LogP contribution in [0.3, 0.4) is 0 Å². The highest BCUT2D eigenvalue weighted by molar-refractivity contribution is 9.10. The van der Waals surface area contributed by atoms with Crippen molar-refractivity contribution in [3.63, 3.8) is 0 Å². The topological polar surface area (TPSA) is 43.8 Å². The first-order chi connectivity index (χ1) is 7.16. The molecule has 0 radical (unpaired) electrons. The molecule has 4 heteroatoms. The van der Waals surface area contributed by atoms with Crippen molar-refractivity contribution in [2.24, 2.45) is 7.05 Å². The van der Waals surface area contributed by atoms with Crippen molar-refractivity contribution in [3.05, 3.63) is 46.1 Å². The zero-order valence-corrected chi connectivity index (χ0v) is 10.0. The number of aromatic nitrogens is 2. The van der Waals surface area contributed by atoms with E-state index < -0.39 is 0 Å². The molecule has 0 saturated heterocycles. The number of aryl methyl sites for hydroxylation is 1. The monoisotopic (exact) mass is 265 g/mol. The second kappa shape index (κ2) is 4.06. The summed E-state index contributed by atoms with van der Waals surface area (Å²) in [4.78, 5) is 0. The van der Waals surface area contributed by atoms with E-state index in [0.717, 1.165) is 22.3 Å². The average Bonchev–Trinajstić information content (AvgIpc) is 2.53. The van der Waals surface area contributed by atoms with Crippen LogP contribution in [0.5, 0.6) is 0 Å². The van der Waals surface area contributed by atoms with Crippen LogP contribution in [0.1, 0.15) is 11.1 Å². The predicted molar refractivity (Wildman–Crippen MR) is 64.6 cm³/mol. The molecule has 3 nitrogen and oxygen atoms in total.